The van der Waals surface area contributed by atoms with E-state index in [9.17, 15) is 18.9 Å². The molecule has 14 heavy (non-hydrogen) atoms. The number of nitrogens with zero attached hydrogens (tertiary/aromatic N) is 1. The van der Waals surface area contributed by atoms with Crippen molar-refractivity contribution in [1.29, 1.82) is 0 Å². The molecule has 1 rings (SSSR count). The van der Waals surface area contributed by atoms with Crippen LogP contribution in [-0.2, 0) is 0 Å². The SMILES string of the molecule is C[C@H](N)c1cc([N+](=O)[O-])c(F)cc1F. The van der Waals surface area contributed by atoms with E-state index < -0.39 is 28.3 Å². The van der Waals surface area contributed by atoms with Crippen LogP contribution >= 0.6 is 0 Å². The summed E-state index contributed by atoms with van der Waals surface area (Å²) in [4.78, 5) is 9.39. The highest BCUT2D eigenvalue weighted by atomic mass is 19.1. The van der Waals surface area contributed by atoms with Gasteiger partial charge in [0.05, 0.1) is 4.92 Å². The number of benzene rings is 1. The van der Waals surface area contributed by atoms with Crippen molar-refractivity contribution in [2.45, 2.75) is 13.0 Å². The van der Waals surface area contributed by atoms with E-state index in [1.807, 2.05) is 0 Å². The first-order chi connectivity index (χ1) is 6.43. The lowest BCUT2D eigenvalue weighted by Crippen LogP contribution is -2.09. The molecule has 4 nitrogen and oxygen atoms in total. The predicted octanol–water partition coefficient (Wildman–Crippen LogP) is 1.89. The molecular weight excluding hydrogens is 194 g/mol. The third-order valence-electron chi connectivity index (χ3n) is 1.75. The lowest BCUT2D eigenvalue weighted by atomic mass is 10.1. The minimum Gasteiger partial charge on any atom is -0.324 e. The Balaban J connectivity index is 3.34. The van der Waals surface area contributed by atoms with Crippen LogP contribution in [0.5, 0.6) is 0 Å². The Hall–Kier alpha value is -1.56. The van der Waals surface area contributed by atoms with Gasteiger partial charge >= 0.3 is 5.69 Å². The summed E-state index contributed by atoms with van der Waals surface area (Å²) in [6, 6.07) is 0.570. The van der Waals surface area contributed by atoms with Gasteiger partial charge in [-0.05, 0) is 6.92 Å². The highest BCUT2D eigenvalue weighted by molar-refractivity contribution is 5.38. The van der Waals surface area contributed by atoms with Crippen molar-refractivity contribution in [3.8, 4) is 0 Å². The van der Waals surface area contributed by atoms with Crippen molar-refractivity contribution >= 4 is 5.69 Å². The molecule has 0 aliphatic carbocycles. The monoisotopic (exact) mass is 202 g/mol. The first kappa shape index (κ1) is 10.5. The smallest absolute Gasteiger partial charge is 0.305 e. The lowest BCUT2D eigenvalue weighted by molar-refractivity contribution is -0.387. The van der Waals surface area contributed by atoms with E-state index >= 15 is 0 Å². The van der Waals surface area contributed by atoms with Crippen molar-refractivity contribution in [3.63, 3.8) is 0 Å². The van der Waals surface area contributed by atoms with Crippen LogP contribution in [0.15, 0.2) is 12.1 Å². The standard InChI is InChI=1S/C8H8F2N2O2/c1-4(11)5-2-8(12(13)14)7(10)3-6(5)9/h2-4H,11H2,1H3/t4-/m0/s1. The molecular formula is C8H8F2N2O2. The zero-order valence-electron chi connectivity index (χ0n) is 7.33. The number of hydrogen-bond acceptors (Lipinski definition) is 3. The van der Waals surface area contributed by atoms with Crippen LogP contribution in [0.4, 0.5) is 14.5 Å². The maximum absolute atomic E-state index is 13.0. The summed E-state index contributed by atoms with van der Waals surface area (Å²) in [7, 11) is 0. The fraction of sp³-hybridized carbons (Fsp3) is 0.250. The molecule has 1 atom stereocenters. The van der Waals surface area contributed by atoms with Gasteiger partial charge in [-0.15, -0.1) is 0 Å². The summed E-state index contributed by atoms with van der Waals surface area (Å²) in [6.07, 6.45) is 0. The molecule has 2 N–H and O–H groups in total. The largest absolute Gasteiger partial charge is 0.324 e. The molecule has 0 fully saturated rings. The third-order valence-corrected chi connectivity index (χ3v) is 1.75. The molecule has 0 aliphatic heterocycles. The summed E-state index contributed by atoms with van der Waals surface area (Å²) in [5.41, 5.74) is 4.51. The molecule has 0 saturated carbocycles. The Bertz CT molecular complexity index is 380. The number of nitrogens with two attached hydrogens (primary N) is 1. The van der Waals surface area contributed by atoms with Gasteiger partial charge in [-0.25, -0.2) is 4.39 Å². The Morgan fingerprint density at radius 3 is 2.43 bits per heavy atom. The van der Waals surface area contributed by atoms with E-state index in [4.69, 9.17) is 5.73 Å². The number of rotatable bonds is 2. The van der Waals surface area contributed by atoms with E-state index in [2.05, 4.69) is 0 Å². The minimum atomic E-state index is -1.20. The zero-order valence-corrected chi connectivity index (χ0v) is 7.33. The van der Waals surface area contributed by atoms with Crippen LogP contribution in [0.2, 0.25) is 0 Å². The van der Waals surface area contributed by atoms with Crippen LogP contribution < -0.4 is 5.73 Å². The molecule has 0 aliphatic rings. The van der Waals surface area contributed by atoms with Crippen molar-refractivity contribution in [2.75, 3.05) is 0 Å². The molecule has 0 radical (unpaired) electrons. The summed E-state index contributed by atoms with van der Waals surface area (Å²) in [5, 5.41) is 10.3. The highest BCUT2D eigenvalue weighted by Crippen LogP contribution is 2.24. The molecule has 1 aromatic carbocycles. The molecule has 0 saturated heterocycles. The topological polar surface area (TPSA) is 69.2 Å². The quantitative estimate of drug-likeness (QED) is 0.588. The number of nitro benzene ring substituents is 1. The van der Waals surface area contributed by atoms with Crippen LogP contribution in [0, 0.1) is 21.7 Å². The normalized spacial score (nSPS) is 12.6. The third kappa shape index (κ3) is 1.85. The predicted molar refractivity (Wildman–Crippen MR) is 45.6 cm³/mol. The molecule has 1 aromatic rings. The molecule has 6 heteroatoms. The van der Waals surface area contributed by atoms with Crippen LogP contribution in [0.1, 0.15) is 18.5 Å². The Labute approximate surface area is 78.5 Å². The van der Waals surface area contributed by atoms with Gasteiger partial charge in [0.25, 0.3) is 0 Å². The second-order valence-electron chi connectivity index (χ2n) is 2.87. The fourth-order valence-electron chi connectivity index (χ4n) is 1.04. The molecule has 0 bridgehead atoms. The number of halogens is 2. The van der Waals surface area contributed by atoms with Crippen LogP contribution in [-0.4, -0.2) is 4.92 Å². The van der Waals surface area contributed by atoms with Gasteiger partial charge in [0.1, 0.15) is 5.82 Å². The van der Waals surface area contributed by atoms with Gasteiger partial charge < -0.3 is 5.73 Å². The number of nitro groups is 1. The average Bonchev–Trinajstić information content (AvgIpc) is 2.02. The summed E-state index contributed by atoms with van der Waals surface area (Å²) in [5.74, 6) is -2.07. The maximum Gasteiger partial charge on any atom is 0.305 e. The Morgan fingerprint density at radius 1 is 1.43 bits per heavy atom. The molecule has 0 aromatic heterocycles. The van der Waals surface area contributed by atoms with Gasteiger partial charge in [0.2, 0.25) is 5.82 Å². The molecule has 0 amide bonds. The zero-order chi connectivity index (χ0) is 10.9. The second-order valence-corrected chi connectivity index (χ2v) is 2.87. The van der Waals surface area contributed by atoms with Crippen molar-refractivity contribution < 1.29 is 13.7 Å². The minimum absolute atomic E-state index is 0.0712. The Kier molecular flexibility index (Phi) is 2.76. The number of hydrogen-bond donors (Lipinski definition) is 1. The lowest BCUT2D eigenvalue weighted by Gasteiger charge is -2.06. The summed E-state index contributed by atoms with van der Waals surface area (Å²) >= 11 is 0. The molecule has 0 heterocycles. The van der Waals surface area contributed by atoms with Gasteiger partial charge in [-0.3, -0.25) is 10.1 Å². The molecule has 0 unspecified atom stereocenters. The van der Waals surface area contributed by atoms with Crippen LogP contribution in [0.3, 0.4) is 0 Å². The average molecular weight is 202 g/mol. The van der Waals surface area contributed by atoms with Crippen molar-refractivity contribution in [1.82, 2.24) is 0 Å². The van der Waals surface area contributed by atoms with Gasteiger partial charge in [0.15, 0.2) is 0 Å². The summed E-state index contributed by atoms with van der Waals surface area (Å²) < 4.78 is 25.8. The first-order valence-electron chi connectivity index (χ1n) is 3.82. The van der Waals surface area contributed by atoms with Gasteiger partial charge in [0, 0.05) is 23.7 Å². The first-order valence-corrected chi connectivity index (χ1v) is 3.82. The van der Waals surface area contributed by atoms with Gasteiger partial charge in [-0.1, -0.05) is 0 Å². The fourth-order valence-corrected chi connectivity index (χ4v) is 1.04. The summed E-state index contributed by atoms with van der Waals surface area (Å²) in [6.45, 7) is 1.46. The van der Waals surface area contributed by atoms with E-state index in [0.717, 1.165) is 6.07 Å². The van der Waals surface area contributed by atoms with E-state index in [1.54, 1.807) is 0 Å². The van der Waals surface area contributed by atoms with E-state index in [1.165, 1.54) is 6.92 Å². The van der Waals surface area contributed by atoms with Gasteiger partial charge in [-0.2, -0.15) is 4.39 Å². The second kappa shape index (κ2) is 3.67. The maximum atomic E-state index is 13.0. The van der Waals surface area contributed by atoms with Crippen LogP contribution in [0.25, 0.3) is 0 Å². The van der Waals surface area contributed by atoms with Crippen molar-refractivity contribution in [2.24, 2.45) is 5.73 Å². The molecule has 0 spiro atoms. The molecule has 76 valence electrons. The van der Waals surface area contributed by atoms with E-state index in [-0.39, 0.29) is 5.56 Å². The van der Waals surface area contributed by atoms with E-state index in [0.29, 0.717) is 6.07 Å². The van der Waals surface area contributed by atoms with Crippen molar-refractivity contribution in [3.05, 3.63) is 39.4 Å². The highest BCUT2D eigenvalue weighted by Gasteiger charge is 2.19. The Morgan fingerprint density at radius 2 is 2.00 bits per heavy atom.